The molecule has 1 aromatic rings. The summed E-state index contributed by atoms with van der Waals surface area (Å²) in [5.41, 5.74) is 6.98. The predicted octanol–water partition coefficient (Wildman–Crippen LogP) is 1.75. The van der Waals surface area contributed by atoms with Crippen molar-refractivity contribution in [1.82, 2.24) is 4.98 Å². The van der Waals surface area contributed by atoms with Crippen LogP contribution >= 0.6 is 0 Å². The van der Waals surface area contributed by atoms with E-state index in [0.717, 1.165) is 31.4 Å². The van der Waals surface area contributed by atoms with Crippen LogP contribution in [0.25, 0.3) is 0 Å². The molecule has 1 atom stereocenters. The summed E-state index contributed by atoms with van der Waals surface area (Å²) in [6, 6.07) is 6.14. The Hall–Kier alpha value is -1.33. The smallest absolute Gasteiger partial charge is 0.0404 e. The zero-order valence-corrected chi connectivity index (χ0v) is 8.32. The molecule has 1 rings (SSSR count). The summed E-state index contributed by atoms with van der Waals surface area (Å²) in [6.45, 7) is 0. The summed E-state index contributed by atoms with van der Waals surface area (Å²) in [6.07, 6.45) is 10.5. The molecule has 0 spiro atoms. The predicted molar refractivity (Wildman–Crippen MR) is 58.6 cm³/mol. The van der Waals surface area contributed by atoms with Crippen molar-refractivity contribution < 1.29 is 0 Å². The summed E-state index contributed by atoms with van der Waals surface area (Å²) in [5.74, 6) is 2.60. The largest absolute Gasteiger partial charge is 0.328 e. The Balaban J connectivity index is 2.24. The highest BCUT2D eigenvalue weighted by molar-refractivity contribution is 5.03. The van der Waals surface area contributed by atoms with E-state index < -0.39 is 0 Å². The maximum Gasteiger partial charge on any atom is 0.0404 e. The van der Waals surface area contributed by atoms with Crippen LogP contribution in [0.3, 0.4) is 0 Å². The van der Waals surface area contributed by atoms with Crippen LogP contribution in [0.1, 0.15) is 25.0 Å². The molecule has 1 aromatic heterocycles. The van der Waals surface area contributed by atoms with Crippen molar-refractivity contribution in [2.24, 2.45) is 5.73 Å². The molecule has 0 aliphatic carbocycles. The van der Waals surface area contributed by atoms with E-state index in [0.29, 0.717) is 0 Å². The van der Waals surface area contributed by atoms with Crippen molar-refractivity contribution in [2.75, 3.05) is 0 Å². The number of pyridine rings is 1. The van der Waals surface area contributed by atoms with Crippen molar-refractivity contribution >= 4 is 0 Å². The van der Waals surface area contributed by atoms with E-state index in [1.54, 1.807) is 0 Å². The van der Waals surface area contributed by atoms with E-state index in [4.69, 9.17) is 12.2 Å². The average molecular weight is 188 g/mol. The number of hydrogen-bond acceptors (Lipinski definition) is 2. The minimum absolute atomic E-state index is 0.202. The van der Waals surface area contributed by atoms with Gasteiger partial charge in [-0.25, -0.2) is 0 Å². The lowest BCUT2D eigenvalue weighted by Gasteiger charge is -2.08. The summed E-state index contributed by atoms with van der Waals surface area (Å²) >= 11 is 0. The average Bonchev–Trinajstić information content (AvgIpc) is 2.25. The summed E-state index contributed by atoms with van der Waals surface area (Å²) in [4.78, 5) is 4.24. The van der Waals surface area contributed by atoms with Crippen molar-refractivity contribution in [1.29, 1.82) is 0 Å². The van der Waals surface area contributed by atoms with Gasteiger partial charge in [0.1, 0.15) is 0 Å². The van der Waals surface area contributed by atoms with E-state index in [9.17, 15) is 0 Å². The van der Waals surface area contributed by atoms with Gasteiger partial charge in [-0.2, -0.15) is 0 Å². The molecule has 2 N–H and O–H groups in total. The molecule has 0 bridgehead atoms. The lowest BCUT2D eigenvalue weighted by Crippen LogP contribution is -2.20. The molecule has 0 aromatic carbocycles. The Morgan fingerprint density at radius 3 is 2.93 bits per heavy atom. The number of aromatic nitrogens is 1. The van der Waals surface area contributed by atoms with Crippen molar-refractivity contribution in [3.63, 3.8) is 0 Å². The van der Waals surface area contributed by atoms with Crippen LogP contribution in [-0.2, 0) is 6.42 Å². The summed E-state index contributed by atoms with van der Waals surface area (Å²) in [5, 5.41) is 0. The molecule has 0 fully saturated rings. The van der Waals surface area contributed by atoms with Gasteiger partial charge in [0.15, 0.2) is 0 Å². The van der Waals surface area contributed by atoms with Gasteiger partial charge in [-0.3, -0.25) is 4.98 Å². The molecule has 0 amide bonds. The van der Waals surface area contributed by atoms with E-state index >= 15 is 0 Å². The maximum atomic E-state index is 5.88. The quantitative estimate of drug-likeness (QED) is 0.715. The first kappa shape index (κ1) is 10.7. The van der Waals surface area contributed by atoms with Crippen LogP contribution in [-0.4, -0.2) is 11.0 Å². The van der Waals surface area contributed by atoms with E-state index in [-0.39, 0.29) is 6.04 Å². The molecule has 0 aliphatic rings. The Kier molecular flexibility index (Phi) is 4.74. The number of nitrogens with two attached hydrogens (primary N) is 1. The Morgan fingerprint density at radius 2 is 2.29 bits per heavy atom. The highest BCUT2D eigenvalue weighted by Gasteiger charge is 2.02. The number of aryl methyl sites for hydroxylation is 1. The first-order valence-corrected chi connectivity index (χ1v) is 4.92. The Morgan fingerprint density at radius 1 is 1.43 bits per heavy atom. The Bertz CT molecular complexity index is 287. The van der Waals surface area contributed by atoms with Crippen LogP contribution in [0.15, 0.2) is 24.4 Å². The number of rotatable bonds is 5. The Labute approximate surface area is 85.5 Å². The standard InChI is InChI=1S/C12H16N2/c1-2-3-6-11(13)8-9-12-7-4-5-10-14-12/h1,4-5,7,10-11H,3,6,8-9,13H2. The normalized spacial score (nSPS) is 12.0. The SMILES string of the molecule is C#CCCC(N)CCc1ccccn1. The minimum atomic E-state index is 0.202. The van der Waals surface area contributed by atoms with Crippen LogP contribution in [0.5, 0.6) is 0 Å². The van der Waals surface area contributed by atoms with Gasteiger partial charge in [-0.15, -0.1) is 12.3 Å². The van der Waals surface area contributed by atoms with Gasteiger partial charge in [-0.05, 0) is 31.4 Å². The fraction of sp³-hybridized carbons (Fsp3) is 0.417. The van der Waals surface area contributed by atoms with E-state index in [1.807, 2.05) is 24.4 Å². The van der Waals surface area contributed by atoms with Crippen LogP contribution < -0.4 is 5.73 Å². The first-order chi connectivity index (χ1) is 6.83. The molecule has 1 unspecified atom stereocenters. The molecule has 74 valence electrons. The minimum Gasteiger partial charge on any atom is -0.328 e. The van der Waals surface area contributed by atoms with Gasteiger partial charge in [0, 0.05) is 24.4 Å². The second kappa shape index (κ2) is 6.17. The highest BCUT2D eigenvalue weighted by atomic mass is 14.7. The molecule has 14 heavy (non-hydrogen) atoms. The fourth-order valence-electron chi connectivity index (χ4n) is 1.29. The van der Waals surface area contributed by atoms with Crippen molar-refractivity contribution in [3.05, 3.63) is 30.1 Å². The lowest BCUT2D eigenvalue weighted by atomic mass is 10.1. The zero-order chi connectivity index (χ0) is 10.2. The van der Waals surface area contributed by atoms with Crippen LogP contribution in [0.4, 0.5) is 0 Å². The third-order valence-electron chi connectivity index (χ3n) is 2.16. The third-order valence-corrected chi connectivity index (χ3v) is 2.16. The van der Waals surface area contributed by atoms with Crippen molar-refractivity contribution in [3.8, 4) is 12.3 Å². The van der Waals surface area contributed by atoms with Gasteiger partial charge in [0.2, 0.25) is 0 Å². The molecule has 2 nitrogen and oxygen atoms in total. The number of terminal acetylenes is 1. The molecular formula is C12H16N2. The second-order valence-corrected chi connectivity index (χ2v) is 3.36. The molecule has 0 saturated heterocycles. The van der Waals surface area contributed by atoms with Gasteiger partial charge >= 0.3 is 0 Å². The third kappa shape index (κ3) is 4.06. The van der Waals surface area contributed by atoms with E-state index in [2.05, 4.69) is 10.9 Å². The number of nitrogens with zero attached hydrogens (tertiary/aromatic N) is 1. The van der Waals surface area contributed by atoms with Gasteiger partial charge in [0.25, 0.3) is 0 Å². The van der Waals surface area contributed by atoms with Crippen LogP contribution in [0, 0.1) is 12.3 Å². The lowest BCUT2D eigenvalue weighted by molar-refractivity contribution is 0.574. The molecule has 0 saturated carbocycles. The van der Waals surface area contributed by atoms with Gasteiger partial charge in [0.05, 0.1) is 0 Å². The number of hydrogen-bond donors (Lipinski definition) is 1. The first-order valence-electron chi connectivity index (χ1n) is 4.92. The second-order valence-electron chi connectivity index (χ2n) is 3.36. The maximum absolute atomic E-state index is 5.88. The summed E-state index contributed by atoms with van der Waals surface area (Å²) < 4.78 is 0. The molecule has 2 heteroatoms. The highest BCUT2D eigenvalue weighted by Crippen LogP contribution is 2.04. The summed E-state index contributed by atoms with van der Waals surface area (Å²) in [7, 11) is 0. The molecule has 0 aliphatic heterocycles. The fourth-order valence-corrected chi connectivity index (χ4v) is 1.29. The zero-order valence-electron chi connectivity index (χ0n) is 8.32. The molecular weight excluding hydrogens is 172 g/mol. The van der Waals surface area contributed by atoms with Crippen LogP contribution in [0.2, 0.25) is 0 Å². The topological polar surface area (TPSA) is 38.9 Å². The monoisotopic (exact) mass is 188 g/mol. The van der Waals surface area contributed by atoms with Gasteiger partial charge < -0.3 is 5.73 Å². The molecule has 1 heterocycles. The van der Waals surface area contributed by atoms with Crippen molar-refractivity contribution in [2.45, 2.75) is 31.7 Å². The van der Waals surface area contributed by atoms with Gasteiger partial charge in [-0.1, -0.05) is 6.07 Å². The molecule has 0 radical (unpaired) electrons. The van der Waals surface area contributed by atoms with E-state index in [1.165, 1.54) is 0 Å².